The van der Waals surface area contributed by atoms with Crippen molar-refractivity contribution in [2.75, 3.05) is 12.4 Å². The van der Waals surface area contributed by atoms with E-state index < -0.39 is 5.97 Å². The van der Waals surface area contributed by atoms with Crippen molar-refractivity contribution in [3.8, 4) is 5.75 Å². The largest absolute Gasteiger partial charge is 0.495 e. The molecule has 27 heavy (non-hydrogen) atoms. The van der Waals surface area contributed by atoms with Crippen molar-refractivity contribution >= 4 is 17.3 Å². The quantitative estimate of drug-likeness (QED) is 0.479. The number of allylic oxidation sites excluding steroid dienone is 2. The Hall–Kier alpha value is -3.35. The Morgan fingerprint density at radius 2 is 2.07 bits per heavy atom. The van der Waals surface area contributed by atoms with Gasteiger partial charge in [0, 0.05) is 12.0 Å². The molecule has 0 radical (unpaired) electrons. The first-order chi connectivity index (χ1) is 13.0. The monoisotopic (exact) mass is 366 g/mol. The molecule has 2 N–H and O–H groups in total. The Balaban J connectivity index is 1.92. The number of fused-ring (bicyclic) bond motifs is 3. The Labute approximate surface area is 155 Å². The molecule has 0 amide bonds. The van der Waals surface area contributed by atoms with Crippen LogP contribution in [0.15, 0.2) is 48.6 Å². The maximum atomic E-state index is 11.7. The van der Waals surface area contributed by atoms with Crippen molar-refractivity contribution in [2.45, 2.75) is 18.4 Å². The van der Waals surface area contributed by atoms with E-state index in [0.29, 0.717) is 29.0 Å². The first kappa shape index (κ1) is 17.1. The molecular weight excluding hydrogens is 348 g/mol. The van der Waals surface area contributed by atoms with Crippen molar-refractivity contribution in [2.24, 2.45) is 5.92 Å². The lowest BCUT2D eigenvalue weighted by Gasteiger charge is -2.38. The zero-order chi connectivity index (χ0) is 19.1. The highest BCUT2D eigenvalue weighted by Crippen LogP contribution is 2.55. The van der Waals surface area contributed by atoms with Crippen LogP contribution in [0.1, 0.15) is 39.9 Å². The van der Waals surface area contributed by atoms with Crippen LogP contribution >= 0.6 is 0 Å². The summed E-state index contributed by atoms with van der Waals surface area (Å²) >= 11 is 0. The lowest BCUT2D eigenvalue weighted by molar-refractivity contribution is -0.385. The number of carboxylic acids is 1. The minimum absolute atomic E-state index is 0.0104. The lowest BCUT2D eigenvalue weighted by Crippen LogP contribution is -2.31. The second kappa shape index (κ2) is 6.42. The second-order valence-electron chi connectivity index (χ2n) is 6.70. The minimum Gasteiger partial charge on any atom is -0.495 e. The molecule has 0 saturated heterocycles. The van der Waals surface area contributed by atoms with Gasteiger partial charge in [-0.15, -0.1) is 0 Å². The molecule has 0 unspecified atom stereocenters. The van der Waals surface area contributed by atoms with E-state index in [9.17, 15) is 20.0 Å². The number of nitro groups is 1. The number of nitro benzene ring substituents is 1. The fraction of sp³-hybridized carbons (Fsp3) is 0.250. The number of hydrogen-bond acceptors (Lipinski definition) is 5. The molecule has 138 valence electrons. The summed E-state index contributed by atoms with van der Waals surface area (Å²) in [6.07, 6.45) is 4.70. The molecule has 4 rings (SSSR count). The number of aromatic carboxylic acids is 1. The summed E-state index contributed by atoms with van der Waals surface area (Å²) in [5.74, 6) is -0.675. The predicted molar refractivity (Wildman–Crippen MR) is 99.4 cm³/mol. The first-order valence-corrected chi connectivity index (χ1v) is 8.63. The zero-order valence-electron chi connectivity index (χ0n) is 14.6. The van der Waals surface area contributed by atoms with Crippen LogP contribution in [-0.2, 0) is 0 Å². The Bertz CT molecular complexity index is 969. The number of benzene rings is 2. The summed E-state index contributed by atoms with van der Waals surface area (Å²) in [5, 5.41) is 24.5. The van der Waals surface area contributed by atoms with E-state index in [1.165, 1.54) is 13.2 Å². The standard InChI is InChI=1S/C20H18N2O5/c1-27-16-10-9-15(22(25)26)17-11-7-4-8-12(11)18(21-19(16)17)13-5-2-3-6-14(13)20(23)24/h2-7,9-12,18,21H,8H2,1H3,(H,23,24)/t11-,12-,18+/m1/s1. The summed E-state index contributed by atoms with van der Waals surface area (Å²) < 4.78 is 5.43. The molecule has 0 saturated carbocycles. The molecule has 3 atom stereocenters. The second-order valence-corrected chi connectivity index (χ2v) is 6.70. The molecule has 2 aliphatic rings. The number of hydrogen-bond donors (Lipinski definition) is 2. The smallest absolute Gasteiger partial charge is 0.336 e. The molecule has 0 spiro atoms. The Morgan fingerprint density at radius 3 is 2.78 bits per heavy atom. The first-order valence-electron chi connectivity index (χ1n) is 8.63. The zero-order valence-corrected chi connectivity index (χ0v) is 14.6. The van der Waals surface area contributed by atoms with Crippen LogP contribution in [0.4, 0.5) is 11.4 Å². The number of methoxy groups -OCH3 is 1. The van der Waals surface area contributed by atoms with E-state index in [2.05, 4.69) is 5.32 Å². The van der Waals surface area contributed by atoms with Gasteiger partial charge in [0.15, 0.2) is 0 Å². The van der Waals surface area contributed by atoms with Gasteiger partial charge in [-0.25, -0.2) is 4.79 Å². The fourth-order valence-electron chi connectivity index (χ4n) is 4.26. The average molecular weight is 366 g/mol. The van der Waals surface area contributed by atoms with Crippen molar-refractivity contribution in [1.82, 2.24) is 0 Å². The highest BCUT2D eigenvalue weighted by Gasteiger charge is 2.43. The molecular formula is C20H18N2O5. The third kappa shape index (κ3) is 2.63. The minimum atomic E-state index is -0.994. The number of rotatable bonds is 4. The van der Waals surface area contributed by atoms with E-state index in [1.54, 1.807) is 30.3 Å². The van der Waals surface area contributed by atoms with Crippen LogP contribution in [0.25, 0.3) is 0 Å². The number of nitrogens with one attached hydrogen (secondary N) is 1. The Kier molecular flexibility index (Phi) is 4.07. The molecule has 0 fully saturated rings. The van der Waals surface area contributed by atoms with E-state index >= 15 is 0 Å². The molecule has 7 heteroatoms. The van der Waals surface area contributed by atoms with Gasteiger partial charge in [0.05, 0.1) is 34.9 Å². The molecule has 7 nitrogen and oxygen atoms in total. The summed E-state index contributed by atoms with van der Waals surface area (Å²) in [7, 11) is 1.51. The van der Waals surface area contributed by atoms with Gasteiger partial charge in [0.25, 0.3) is 5.69 Å². The van der Waals surface area contributed by atoms with Gasteiger partial charge in [0.1, 0.15) is 5.75 Å². The van der Waals surface area contributed by atoms with E-state index in [0.717, 1.165) is 0 Å². The number of nitrogens with zero attached hydrogens (tertiary/aromatic N) is 1. The fourth-order valence-corrected chi connectivity index (χ4v) is 4.26. The highest BCUT2D eigenvalue weighted by molar-refractivity contribution is 5.90. The third-order valence-corrected chi connectivity index (χ3v) is 5.40. The van der Waals surface area contributed by atoms with Crippen LogP contribution in [0.2, 0.25) is 0 Å². The highest BCUT2D eigenvalue weighted by atomic mass is 16.6. The number of carbonyl (C=O) groups is 1. The van der Waals surface area contributed by atoms with E-state index in [-0.39, 0.29) is 34.1 Å². The summed E-state index contributed by atoms with van der Waals surface area (Å²) in [6.45, 7) is 0. The van der Waals surface area contributed by atoms with Crippen LogP contribution in [-0.4, -0.2) is 23.1 Å². The van der Waals surface area contributed by atoms with Gasteiger partial charge in [-0.3, -0.25) is 10.1 Å². The third-order valence-electron chi connectivity index (χ3n) is 5.40. The maximum absolute atomic E-state index is 11.7. The molecule has 1 aliphatic heterocycles. The van der Waals surface area contributed by atoms with Gasteiger partial charge in [0.2, 0.25) is 0 Å². The number of anilines is 1. The summed E-state index contributed by atoms with van der Waals surface area (Å²) in [6, 6.07) is 9.63. The van der Waals surface area contributed by atoms with Gasteiger partial charge in [-0.05, 0) is 30.0 Å². The van der Waals surface area contributed by atoms with Crippen LogP contribution in [0.5, 0.6) is 5.75 Å². The van der Waals surface area contributed by atoms with Gasteiger partial charge < -0.3 is 15.2 Å². The van der Waals surface area contributed by atoms with Gasteiger partial charge >= 0.3 is 5.97 Å². The predicted octanol–water partition coefficient (Wildman–Crippen LogP) is 4.13. The van der Waals surface area contributed by atoms with Crippen molar-refractivity contribution < 1.29 is 19.6 Å². The molecule has 2 aromatic carbocycles. The number of ether oxygens (including phenoxy) is 1. The normalized spacial score (nSPS) is 22.5. The topological polar surface area (TPSA) is 102 Å². The SMILES string of the molecule is COc1ccc([N+](=O)[O-])c2c1N[C@H](c1ccccc1C(=O)O)[C@@H]1CC=C[C@@H]21. The van der Waals surface area contributed by atoms with Crippen LogP contribution in [0, 0.1) is 16.0 Å². The summed E-state index contributed by atoms with van der Waals surface area (Å²) in [5.41, 5.74) is 2.10. The summed E-state index contributed by atoms with van der Waals surface area (Å²) in [4.78, 5) is 22.9. The Morgan fingerprint density at radius 1 is 1.30 bits per heavy atom. The average Bonchev–Trinajstić information content (AvgIpc) is 3.16. The molecule has 1 aliphatic carbocycles. The van der Waals surface area contributed by atoms with Crippen LogP contribution in [0.3, 0.4) is 0 Å². The molecule has 0 bridgehead atoms. The molecule has 1 heterocycles. The number of carboxylic acid groups (broad SMARTS) is 1. The van der Waals surface area contributed by atoms with Crippen molar-refractivity contribution in [3.05, 3.63) is 75.4 Å². The van der Waals surface area contributed by atoms with Gasteiger partial charge in [-0.2, -0.15) is 0 Å². The maximum Gasteiger partial charge on any atom is 0.336 e. The molecule has 2 aromatic rings. The molecule has 0 aromatic heterocycles. The van der Waals surface area contributed by atoms with E-state index in [4.69, 9.17) is 4.74 Å². The van der Waals surface area contributed by atoms with Crippen molar-refractivity contribution in [1.29, 1.82) is 0 Å². The van der Waals surface area contributed by atoms with E-state index in [1.807, 2.05) is 12.2 Å². The lowest BCUT2D eigenvalue weighted by atomic mass is 9.75. The van der Waals surface area contributed by atoms with Crippen LogP contribution < -0.4 is 10.1 Å². The van der Waals surface area contributed by atoms with Crippen molar-refractivity contribution in [3.63, 3.8) is 0 Å². The van der Waals surface area contributed by atoms with Gasteiger partial charge in [-0.1, -0.05) is 30.4 Å².